The highest BCUT2D eigenvalue weighted by Gasteiger charge is 2.29. The van der Waals surface area contributed by atoms with Gasteiger partial charge in [0.1, 0.15) is 25.4 Å². The van der Waals surface area contributed by atoms with Crippen molar-refractivity contribution in [1.29, 1.82) is 0 Å². The SMILES string of the molecule is CC/C=C\C/C=C\C/C=C\C/C=C\C/C=C\CCCCCCCCCCCC(=O)OCC(COP(=O)(O)OCC(O)COP(=O)(O)OCC(O)COC(=O)CCCCCCCCCCCCCCC/C=C\C/C=C\C/C=C\C/C=C\CCCCC)OC(=O)CCCCCCC/C=C\C/C=C\CCC. The van der Waals surface area contributed by atoms with Gasteiger partial charge in [-0.15, -0.1) is 0 Å². The molecule has 0 aliphatic rings. The van der Waals surface area contributed by atoms with E-state index in [0.717, 1.165) is 161 Å². The number of aliphatic hydroxyl groups is 2. The molecule has 0 aromatic carbocycles. The van der Waals surface area contributed by atoms with Gasteiger partial charge in [-0.2, -0.15) is 0 Å². The Bertz CT molecular complexity index is 2410. The number of unbranched alkanes of at least 4 members (excludes halogenated alkanes) is 31. The lowest BCUT2D eigenvalue weighted by Gasteiger charge is -2.21. The highest BCUT2D eigenvalue weighted by atomic mass is 31.2. The normalized spacial score (nSPS) is 14.7. The first-order valence-electron chi connectivity index (χ1n) is 40.5. The predicted octanol–water partition coefficient (Wildman–Crippen LogP) is 23.9. The molecule has 5 atom stereocenters. The number of esters is 3. The summed E-state index contributed by atoms with van der Waals surface area (Å²) in [6.07, 6.45) is 93.6. The lowest BCUT2D eigenvalue weighted by molar-refractivity contribution is -0.161. The quantitative estimate of drug-likeness (QED) is 0.0146. The monoisotopic (exact) mass is 1490 g/mol. The van der Waals surface area contributed by atoms with Gasteiger partial charge in [0, 0.05) is 19.3 Å². The Hall–Kier alpha value is -4.31. The van der Waals surface area contributed by atoms with Crippen molar-refractivity contribution in [3.05, 3.63) is 134 Å². The van der Waals surface area contributed by atoms with Gasteiger partial charge in [-0.25, -0.2) is 9.13 Å². The molecule has 0 heterocycles. The highest BCUT2D eigenvalue weighted by molar-refractivity contribution is 7.47. The molecule has 5 unspecified atom stereocenters. The van der Waals surface area contributed by atoms with Crippen molar-refractivity contribution >= 4 is 33.6 Å². The summed E-state index contributed by atoms with van der Waals surface area (Å²) in [6, 6.07) is 0. The van der Waals surface area contributed by atoms with Crippen LogP contribution in [0.25, 0.3) is 0 Å². The Balaban J connectivity index is 4.50. The van der Waals surface area contributed by atoms with E-state index in [0.29, 0.717) is 19.3 Å². The maximum absolute atomic E-state index is 12.9. The molecule has 103 heavy (non-hydrogen) atoms. The van der Waals surface area contributed by atoms with E-state index >= 15 is 0 Å². The van der Waals surface area contributed by atoms with Crippen molar-refractivity contribution < 1.29 is 75.8 Å². The first-order chi connectivity index (χ1) is 50.2. The zero-order valence-corrected chi connectivity index (χ0v) is 66.5. The number of phosphoric ester groups is 2. The van der Waals surface area contributed by atoms with Crippen LogP contribution in [-0.2, 0) is 55.8 Å². The molecule has 16 nitrogen and oxygen atoms in total. The van der Waals surface area contributed by atoms with Crippen LogP contribution >= 0.6 is 15.6 Å². The number of hydrogen-bond donors (Lipinski definition) is 4. The van der Waals surface area contributed by atoms with Gasteiger partial charge in [-0.3, -0.25) is 32.5 Å². The first kappa shape index (κ1) is 98.7. The van der Waals surface area contributed by atoms with Crippen molar-refractivity contribution in [3.8, 4) is 0 Å². The highest BCUT2D eigenvalue weighted by Crippen LogP contribution is 2.45. The van der Waals surface area contributed by atoms with E-state index in [1.54, 1.807) is 0 Å². The summed E-state index contributed by atoms with van der Waals surface area (Å²) >= 11 is 0. The Morgan fingerprint density at radius 3 is 0.854 bits per heavy atom. The molecule has 0 fully saturated rings. The number of hydrogen-bond acceptors (Lipinski definition) is 14. The van der Waals surface area contributed by atoms with Gasteiger partial charge in [0.15, 0.2) is 6.10 Å². The maximum atomic E-state index is 12.9. The minimum atomic E-state index is -4.94. The van der Waals surface area contributed by atoms with E-state index in [9.17, 15) is 43.5 Å². The zero-order chi connectivity index (χ0) is 75.2. The summed E-state index contributed by atoms with van der Waals surface area (Å²) in [4.78, 5) is 58.6. The van der Waals surface area contributed by atoms with E-state index in [-0.39, 0.29) is 19.3 Å². The summed E-state index contributed by atoms with van der Waals surface area (Å²) in [7, 11) is -9.80. The number of phosphoric acid groups is 2. The fourth-order valence-electron chi connectivity index (χ4n) is 10.7. The average molecular weight is 1490 g/mol. The Morgan fingerprint density at radius 2 is 0.534 bits per heavy atom. The predicted molar refractivity (Wildman–Crippen MR) is 426 cm³/mol. The third-order valence-corrected chi connectivity index (χ3v) is 18.7. The van der Waals surface area contributed by atoms with Crippen LogP contribution in [0.5, 0.6) is 0 Å². The van der Waals surface area contributed by atoms with Crippen LogP contribution < -0.4 is 0 Å². The summed E-state index contributed by atoms with van der Waals surface area (Å²) < 4.78 is 61.1. The second-order valence-electron chi connectivity index (χ2n) is 26.8. The summed E-state index contributed by atoms with van der Waals surface area (Å²) in [5, 5.41) is 20.6. The summed E-state index contributed by atoms with van der Waals surface area (Å²) in [5.74, 6) is -1.60. The Morgan fingerprint density at radius 1 is 0.282 bits per heavy atom. The smallest absolute Gasteiger partial charge is 0.463 e. The second kappa shape index (κ2) is 77.3. The van der Waals surface area contributed by atoms with Crippen molar-refractivity contribution in [2.45, 2.75) is 347 Å². The van der Waals surface area contributed by atoms with E-state index in [1.807, 2.05) is 0 Å². The molecule has 592 valence electrons. The third kappa shape index (κ3) is 78.6. The number of allylic oxidation sites excluding steroid dienone is 22. The Kier molecular flexibility index (Phi) is 74.1. The van der Waals surface area contributed by atoms with Crippen LogP contribution in [0.15, 0.2) is 134 Å². The van der Waals surface area contributed by atoms with Crippen molar-refractivity contribution in [3.63, 3.8) is 0 Å². The number of carbonyl (C=O) groups is 3. The lowest BCUT2D eigenvalue weighted by atomic mass is 10.0. The molecule has 0 saturated heterocycles. The van der Waals surface area contributed by atoms with Crippen LogP contribution in [-0.4, -0.2) is 95.9 Å². The number of rotatable bonds is 76. The fraction of sp³-hybridized carbons (Fsp3) is 0.706. The molecular weight excluding hydrogens is 1340 g/mol. The van der Waals surface area contributed by atoms with Gasteiger partial charge in [0.2, 0.25) is 0 Å². The Labute approximate surface area is 626 Å². The molecule has 4 N–H and O–H groups in total. The van der Waals surface area contributed by atoms with Crippen LogP contribution in [0.4, 0.5) is 0 Å². The fourth-order valence-corrected chi connectivity index (χ4v) is 12.3. The van der Waals surface area contributed by atoms with E-state index < -0.39 is 91.5 Å². The molecule has 0 aliphatic heterocycles. The molecular formula is C85H146O16P2. The maximum Gasteiger partial charge on any atom is 0.472 e. The molecule has 0 amide bonds. The molecule has 0 radical (unpaired) electrons. The van der Waals surface area contributed by atoms with Gasteiger partial charge in [-0.05, 0) is 135 Å². The van der Waals surface area contributed by atoms with Gasteiger partial charge in [0.25, 0.3) is 0 Å². The average Bonchev–Trinajstić information content (AvgIpc) is 1.11. The summed E-state index contributed by atoms with van der Waals surface area (Å²) in [6.45, 7) is 2.46. The third-order valence-electron chi connectivity index (χ3n) is 16.8. The minimum Gasteiger partial charge on any atom is -0.463 e. The van der Waals surface area contributed by atoms with Gasteiger partial charge in [-0.1, -0.05) is 309 Å². The van der Waals surface area contributed by atoms with E-state index in [4.69, 9.17) is 32.3 Å². The van der Waals surface area contributed by atoms with Crippen molar-refractivity contribution in [2.24, 2.45) is 0 Å². The topological polar surface area (TPSA) is 231 Å². The van der Waals surface area contributed by atoms with Crippen molar-refractivity contribution in [1.82, 2.24) is 0 Å². The zero-order valence-electron chi connectivity index (χ0n) is 64.7. The minimum absolute atomic E-state index is 0.0844. The molecule has 0 bridgehead atoms. The van der Waals surface area contributed by atoms with Gasteiger partial charge in [0.05, 0.1) is 26.4 Å². The summed E-state index contributed by atoms with van der Waals surface area (Å²) in [5.41, 5.74) is 0. The standard InChI is InChI=1S/C85H146O16P2/c1-4-7-10-13-16-19-22-25-27-29-31-33-35-37-38-39-40-42-44-45-47-49-51-54-56-59-62-65-68-71-83(88)95-74-80(86)75-97-102(91,92)98-76-81(87)77-99-103(93,94)100-79-82(101-85(90)73-70-67-64-61-58-53-24-21-18-15-12-9-6-3)78-96-84(89)72-69-66-63-60-57-55-52-50-48-46-43-41-36-34-32-30-28-26-23-20-17-14-11-8-5-2/h8,11-12,15-17,19-21,24-28,31-34,37-38,41,43,80-82,86-87H,4-7,9-10,13-14,18,22-23,29-30,35-36,39-40,42,44-79H2,1-3H3,(H,91,92)(H,93,94)/b11-8-,15-12-,19-16-,20-17-,24-21-,27-25-,28-26-,33-31-,34-32-,38-37-,43-41-. The van der Waals surface area contributed by atoms with Gasteiger partial charge >= 0.3 is 33.6 Å². The largest absolute Gasteiger partial charge is 0.472 e. The van der Waals surface area contributed by atoms with E-state index in [2.05, 4.69) is 154 Å². The molecule has 0 saturated carbocycles. The second-order valence-corrected chi connectivity index (χ2v) is 29.7. The number of ether oxygens (including phenoxy) is 3. The lowest BCUT2D eigenvalue weighted by Crippen LogP contribution is -2.30. The molecule has 0 rings (SSSR count). The van der Waals surface area contributed by atoms with Crippen LogP contribution in [0.3, 0.4) is 0 Å². The molecule has 18 heteroatoms. The van der Waals surface area contributed by atoms with Crippen LogP contribution in [0.1, 0.15) is 329 Å². The molecule has 0 aliphatic carbocycles. The molecule has 0 aromatic heterocycles. The van der Waals surface area contributed by atoms with Crippen molar-refractivity contribution in [2.75, 3.05) is 39.6 Å². The first-order valence-corrected chi connectivity index (χ1v) is 43.5. The van der Waals surface area contributed by atoms with Crippen LogP contribution in [0, 0.1) is 0 Å². The van der Waals surface area contributed by atoms with Gasteiger partial charge < -0.3 is 34.2 Å². The molecule has 0 aromatic rings. The van der Waals surface area contributed by atoms with E-state index in [1.165, 1.54) is 109 Å². The van der Waals surface area contributed by atoms with Crippen LogP contribution in [0.2, 0.25) is 0 Å². The molecule has 0 spiro atoms. The number of aliphatic hydroxyl groups excluding tert-OH is 2. The number of carbonyl (C=O) groups excluding carboxylic acids is 3.